The number of piperazine rings is 1. The van der Waals surface area contributed by atoms with E-state index >= 15 is 0 Å². The van der Waals surface area contributed by atoms with Crippen molar-refractivity contribution in [1.29, 1.82) is 0 Å². The van der Waals surface area contributed by atoms with E-state index < -0.39 is 0 Å². The Bertz CT molecular complexity index is 1210. The van der Waals surface area contributed by atoms with Gasteiger partial charge in [0.15, 0.2) is 0 Å². The Morgan fingerprint density at radius 1 is 0.879 bits per heavy atom. The zero-order valence-corrected chi connectivity index (χ0v) is 21.0. The van der Waals surface area contributed by atoms with Crippen LogP contribution in [-0.2, 0) is 0 Å². The minimum atomic E-state index is -0.312. The average molecular weight is 547 g/mol. The van der Waals surface area contributed by atoms with Crippen LogP contribution in [0.1, 0.15) is 26.3 Å². The molecule has 3 aromatic rings. The minimum absolute atomic E-state index is 0.0584. The Kier molecular flexibility index (Phi) is 7.27. The van der Waals surface area contributed by atoms with Gasteiger partial charge in [-0.1, -0.05) is 57.3 Å². The second kappa shape index (κ2) is 10.2. The number of hydrogen-bond acceptors (Lipinski definition) is 3. The zero-order chi connectivity index (χ0) is 23.5. The fraction of sp³-hybridized carbons (Fsp3) is 0.200. The van der Waals surface area contributed by atoms with E-state index in [4.69, 9.17) is 23.2 Å². The normalized spacial score (nSPS) is 13.7. The van der Waals surface area contributed by atoms with Crippen molar-refractivity contribution in [1.82, 2.24) is 4.90 Å². The third-order valence-corrected chi connectivity index (χ3v) is 6.79. The first-order valence-corrected chi connectivity index (χ1v) is 12.0. The first-order valence-electron chi connectivity index (χ1n) is 10.5. The van der Waals surface area contributed by atoms with Crippen molar-refractivity contribution in [2.24, 2.45) is 0 Å². The number of amides is 2. The second-order valence-corrected chi connectivity index (χ2v) is 9.57. The van der Waals surface area contributed by atoms with E-state index in [0.717, 1.165) is 21.3 Å². The molecule has 0 bridgehead atoms. The van der Waals surface area contributed by atoms with Crippen molar-refractivity contribution in [3.05, 3.63) is 91.9 Å². The zero-order valence-electron chi connectivity index (χ0n) is 17.9. The second-order valence-electron chi connectivity index (χ2n) is 7.84. The molecule has 1 heterocycles. The lowest BCUT2D eigenvalue weighted by Gasteiger charge is -2.36. The summed E-state index contributed by atoms with van der Waals surface area (Å²) >= 11 is 16.1. The highest BCUT2D eigenvalue weighted by Crippen LogP contribution is 2.31. The lowest BCUT2D eigenvalue weighted by atomic mass is 10.1. The maximum absolute atomic E-state index is 12.9. The molecule has 0 unspecified atom stereocenters. The Balaban J connectivity index is 1.41. The topological polar surface area (TPSA) is 52.7 Å². The summed E-state index contributed by atoms with van der Waals surface area (Å²) in [5, 5.41) is 3.75. The van der Waals surface area contributed by atoms with Crippen LogP contribution in [0, 0.1) is 6.92 Å². The highest BCUT2D eigenvalue weighted by molar-refractivity contribution is 9.10. The molecule has 33 heavy (non-hydrogen) atoms. The predicted molar refractivity (Wildman–Crippen MR) is 138 cm³/mol. The van der Waals surface area contributed by atoms with Gasteiger partial charge in [0.05, 0.1) is 21.3 Å². The molecule has 0 aliphatic carbocycles. The molecule has 1 aliphatic rings. The summed E-state index contributed by atoms with van der Waals surface area (Å²) in [6.45, 7) is 4.54. The number of halogens is 3. The number of aryl methyl sites for hydroxylation is 1. The fourth-order valence-corrected chi connectivity index (χ4v) is 4.71. The maximum atomic E-state index is 12.9. The van der Waals surface area contributed by atoms with Gasteiger partial charge in [-0.05, 0) is 55.0 Å². The number of nitrogens with one attached hydrogen (secondary N) is 1. The van der Waals surface area contributed by atoms with E-state index in [-0.39, 0.29) is 11.8 Å². The van der Waals surface area contributed by atoms with E-state index in [9.17, 15) is 9.59 Å². The van der Waals surface area contributed by atoms with Gasteiger partial charge < -0.3 is 15.1 Å². The molecule has 170 valence electrons. The minimum Gasteiger partial charge on any atom is -0.367 e. The van der Waals surface area contributed by atoms with Crippen molar-refractivity contribution in [2.45, 2.75) is 6.92 Å². The SMILES string of the molecule is Cc1ccccc1C(=O)N1CCN(c2ccc(NC(=O)c3cc(Br)ccc3Cl)cc2Cl)CC1. The van der Waals surface area contributed by atoms with E-state index in [1.54, 1.807) is 24.3 Å². The number of hydrogen-bond donors (Lipinski definition) is 1. The van der Waals surface area contributed by atoms with Gasteiger partial charge >= 0.3 is 0 Å². The average Bonchev–Trinajstić information content (AvgIpc) is 2.81. The smallest absolute Gasteiger partial charge is 0.257 e. The Labute approximate surface area is 211 Å². The van der Waals surface area contributed by atoms with Gasteiger partial charge in [0, 0.05) is 41.9 Å². The van der Waals surface area contributed by atoms with E-state index in [1.807, 2.05) is 48.2 Å². The summed E-state index contributed by atoms with van der Waals surface area (Å²) < 4.78 is 0.769. The molecule has 5 nitrogen and oxygen atoms in total. The molecular weight excluding hydrogens is 525 g/mol. The summed E-state index contributed by atoms with van der Waals surface area (Å²) in [7, 11) is 0. The summed E-state index contributed by atoms with van der Waals surface area (Å²) in [6.07, 6.45) is 0. The first-order chi connectivity index (χ1) is 15.8. The molecule has 2 amide bonds. The monoisotopic (exact) mass is 545 g/mol. The Morgan fingerprint density at radius 3 is 2.30 bits per heavy atom. The quantitative estimate of drug-likeness (QED) is 0.419. The van der Waals surface area contributed by atoms with Gasteiger partial charge in [0.2, 0.25) is 0 Å². The van der Waals surface area contributed by atoms with Crippen LogP contribution in [0.2, 0.25) is 10.0 Å². The van der Waals surface area contributed by atoms with Crippen LogP contribution < -0.4 is 10.2 Å². The van der Waals surface area contributed by atoms with Gasteiger partial charge in [-0.25, -0.2) is 0 Å². The predicted octanol–water partition coefficient (Wildman–Crippen LogP) is 6.28. The van der Waals surface area contributed by atoms with Crippen molar-refractivity contribution < 1.29 is 9.59 Å². The van der Waals surface area contributed by atoms with Crippen molar-refractivity contribution >= 4 is 62.3 Å². The highest BCUT2D eigenvalue weighted by Gasteiger charge is 2.24. The number of benzene rings is 3. The molecule has 3 aromatic carbocycles. The largest absolute Gasteiger partial charge is 0.367 e. The van der Waals surface area contributed by atoms with Crippen molar-refractivity contribution in [2.75, 3.05) is 36.4 Å². The summed E-state index contributed by atoms with van der Waals surface area (Å²) in [5.74, 6) is -0.253. The van der Waals surface area contributed by atoms with E-state index in [1.165, 1.54) is 0 Å². The molecular formula is C25H22BrCl2N3O2. The summed E-state index contributed by atoms with van der Waals surface area (Å²) in [6, 6.07) is 18.2. The first kappa shape index (κ1) is 23.6. The Morgan fingerprint density at radius 2 is 1.61 bits per heavy atom. The number of rotatable bonds is 4. The summed E-state index contributed by atoms with van der Waals surface area (Å²) in [5.41, 5.74) is 3.56. The highest BCUT2D eigenvalue weighted by atomic mass is 79.9. The van der Waals surface area contributed by atoms with Crippen molar-refractivity contribution in [3.63, 3.8) is 0 Å². The molecule has 0 radical (unpaired) electrons. The van der Waals surface area contributed by atoms with Crippen LogP contribution in [0.25, 0.3) is 0 Å². The van der Waals surface area contributed by atoms with E-state index in [0.29, 0.717) is 47.5 Å². The molecule has 0 saturated carbocycles. The van der Waals surface area contributed by atoms with Crippen LogP contribution in [0.15, 0.2) is 65.1 Å². The number of nitrogens with zero attached hydrogens (tertiary/aromatic N) is 2. The molecule has 0 aromatic heterocycles. The van der Waals surface area contributed by atoms with Gasteiger partial charge in [-0.15, -0.1) is 0 Å². The molecule has 1 fully saturated rings. The van der Waals surface area contributed by atoms with Crippen LogP contribution in [0.3, 0.4) is 0 Å². The fourth-order valence-electron chi connectivity index (χ4n) is 3.84. The van der Waals surface area contributed by atoms with Crippen molar-refractivity contribution in [3.8, 4) is 0 Å². The van der Waals surface area contributed by atoms with Gasteiger partial charge in [0.25, 0.3) is 11.8 Å². The summed E-state index contributed by atoms with van der Waals surface area (Å²) in [4.78, 5) is 29.5. The third kappa shape index (κ3) is 5.35. The molecule has 0 atom stereocenters. The van der Waals surface area contributed by atoms with Gasteiger partial charge in [-0.3, -0.25) is 9.59 Å². The lowest BCUT2D eigenvalue weighted by molar-refractivity contribution is 0.0746. The molecule has 1 saturated heterocycles. The maximum Gasteiger partial charge on any atom is 0.257 e. The van der Waals surface area contributed by atoms with E-state index in [2.05, 4.69) is 26.1 Å². The van der Waals surface area contributed by atoms with Crippen LogP contribution in [0.5, 0.6) is 0 Å². The molecule has 1 aliphatic heterocycles. The van der Waals surface area contributed by atoms with Crippen LogP contribution >= 0.6 is 39.1 Å². The standard InChI is InChI=1S/C25H22BrCl2N3O2/c1-16-4-2-3-5-19(16)25(33)31-12-10-30(11-13-31)23-9-7-18(15-22(23)28)29-24(32)20-14-17(26)6-8-21(20)27/h2-9,14-15H,10-13H2,1H3,(H,29,32). The van der Waals surface area contributed by atoms with Gasteiger partial charge in [0.1, 0.15) is 0 Å². The number of carbonyl (C=O) groups excluding carboxylic acids is 2. The third-order valence-electron chi connectivity index (χ3n) is 5.66. The lowest BCUT2D eigenvalue weighted by Crippen LogP contribution is -2.49. The Hall–Kier alpha value is -2.54. The van der Waals surface area contributed by atoms with Gasteiger partial charge in [-0.2, -0.15) is 0 Å². The molecule has 4 rings (SSSR count). The molecule has 1 N–H and O–H groups in total. The number of anilines is 2. The molecule has 8 heteroatoms. The number of carbonyl (C=O) groups is 2. The van der Waals surface area contributed by atoms with Crippen LogP contribution in [-0.4, -0.2) is 42.9 Å². The van der Waals surface area contributed by atoms with Crippen LogP contribution in [0.4, 0.5) is 11.4 Å². The molecule has 0 spiro atoms.